The molecule has 0 radical (unpaired) electrons. The van der Waals surface area contributed by atoms with Crippen molar-refractivity contribution in [1.82, 2.24) is 15.2 Å². The van der Waals surface area contributed by atoms with Crippen molar-refractivity contribution in [1.29, 1.82) is 0 Å². The Balaban J connectivity index is 1.36. The Hall–Kier alpha value is -4.44. The molecule has 42 heavy (non-hydrogen) atoms. The summed E-state index contributed by atoms with van der Waals surface area (Å²) in [6, 6.07) is 26.5. The smallest absolute Gasteiger partial charge is 0.334 e. The Morgan fingerprint density at radius 3 is 2.07 bits per heavy atom. The molecule has 2 amide bonds. The van der Waals surface area contributed by atoms with Gasteiger partial charge in [-0.05, 0) is 36.1 Å². The standard InChI is InChI=1S/C32H30N4O5S/c1-20-19-42-28-24(32(23-17-11-6-12-18-23)30(39)33-31(2,3)36(32)34-40)27(37)35(28)25(20)29(38)41-26(21-13-7-4-8-14-21)22-15-9-5-10-16-22/h4-18,24-26,28H,1,19H2,2-3H3,(H,33,39)/t24?,25?,28-,32?/m1/s1. The lowest BCUT2D eigenvalue weighted by Gasteiger charge is -2.58. The molecular weight excluding hydrogens is 552 g/mol. The summed E-state index contributed by atoms with van der Waals surface area (Å²) >= 11 is 1.41. The number of β-lactam (4-membered cyclic amide) rings is 1. The molecule has 0 saturated carbocycles. The molecule has 0 aliphatic carbocycles. The van der Waals surface area contributed by atoms with E-state index in [1.54, 1.807) is 44.2 Å². The number of benzene rings is 3. The van der Waals surface area contributed by atoms with E-state index in [1.807, 2.05) is 60.7 Å². The van der Waals surface area contributed by atoms with E-state index < -0.39 is 52.4 Å². The lowest BCUT2D eigenvalue weighted by Crippen LogP contribution is -2.75. The quantitative estimate of drug-likeness (QED) is 0.189. The molecule has 3 aliphatic rings. The molecule has 3 aromatic rings. The topological polar surface area (TPSA) is 108 Å². The first-order valence-corrected chi connectivity index (χ1v) is 14.7. The van der Waals surface area contributed by atoms with E-state index in [2.05, 4.69) is 17.2 Å². The van der Waals surface area contributed by atoms with Gasteiger partial charge in [0.2, 0.25) is 5.91 Å². The van der Waals surface area contributed by atoms with Crippen molar-refractivity contribution in [3.8, 4) is 0 Å². The Bertz CT molecular complexity index is 1510. The number of nitrogens with zero attached hydrogens (tertiary/aromatic N) is 3. The van der Waals surface area contributed by atoms with Gasteiger partial charge >= 0.3 is 5.97 Å². The molecule has 0 bridgehead atoms. The van der Waals surface area contributed by atoms with Crippen molar-refractivity contribution in [2.75, 3.05) is 5.75 Å². The average molecular weight is 583 g/mol. The number of thioether (sulfide) groups is 1. The number of nitroso groups, excluding NO2 is 1. The fourth-order valence-corrected chi connectivity index (χ4v) is 7.80. The molecule has 214 valence electrons. The van der Waals surface area contributed by atoms with Gasteiger partial charge in [-0.2, -0.15) is 0 Å². The van der Waals surface area contributed by atoms with E-state index in [4.69, 9.17) is 4.74 Å². The van der Waals surface area contributed by atoms with E-state index >= 15 is 0 Å². The molecular formula is C32H30N4O5S. The van der Waals surface area contributed by atoms with E-state index in [1.165, 1.54) is 16.7 Å². The third kappa shape index (κ3) is 4.12. The van der Waals surface area contributed by atoms with Crippen LogP contribution in [-0.2, 0) is 24.7 Å². The largest absolute Gasteiger partial charge is 0.451 e. The second kappa shape index (κ2) is 10.4. The number of carbonyl (C=O) groups is 3. The van der Waals surface area contributed by atoms with Crippen LogP contribution in [0.1, 0.15) is 36.6 Å². The van der Waals surface area contributed by atoms with Crippen LogP contribution in [0.25, 0.3) is 0 Å². The number of esters is 1. The number of hydrogen-bond acceptors (Lipinski definition) is 7. The highest BCUT2D eigenvalue weighted by Gasteiger charge is 2.73. The fourth-order valence-electron chi connectivity index (χ4n) is 6.36. The molecule has 6 rings (SSSR count). The SMILES string of the molecule is C=C1CS[C@@H]2C(C3(c4ccccc4)C(=O)NC(C)(C)N3N=O)C(=O)N2C1C(=O)OC(c1ccccc1)c1ccccc1. The van der Waals surface area contributed by atoms with Crippen molar-refractivity contribution in [2.24, 2.45) is 11.2 Å². The number of ether oxygens (including phenoxy) is 1. The maximum Gasteiger partial charge on any atom is 0.334 e. The van der Waals surface area contributed by atoms with Crippen LogP contribution in [-0.4, -0.2) is 50.5 Å². The molecule has 4 atom stereocenters. The Labute approximate surface area is 247 Å². The van der Waals surface area contributed by atoms with E-state index in [9.17, 15) is 19.3 Å². The normalized spacial score (nSPS) is 26.4. The van der Waals surface area contributed by atoms with Crippen molar-refractivity contribution in [2.45, 2.75) is 42.6 Å². The summed E-state index contributed by atoms with van der Waals surface area (Å²) in [5, 5.41) is 6.70. The van der Waals surface area contributed by atoms with Gasteiger partial charge in [0.15, 0.2) is 17.7 Å². The average Bonchev–Trinajstić information content (AvgIpc) is 3.21. The van der Waals surface area contributed by atoms with E-state index in [0.717, 1.165) is 16.1 Å². The summed E-state index contributed by atoms with van der Waals surface area (Å²) in [6.45, 7) is 7.45. The van der Waals surface area contributed by atoms with Gasteiger partial charge in [0.1, 0.15) is 11.6 Å². The minimum absolute atomic E-state index is 0.371. The van der Waals surface area contributed by atoms with Crippen molar-refractivity contribution in [3.63, 3.8) is 0 Å². The molecule has 3 aliphatic heterocycles. The molecule has 0 spiro atoms. The summed E-state index contributed by atoms with van der Waals surface area (Å²) < 4.78 is 6.14. The zero-order chi connectivity index (χ0) is 29.6. The third-order valence-electron chi connectivity index (χ3n) is 8.22. The second-order valence-corrected chi connectivity index (χ2v) is 12.3. The minimum atomic E-state index is -1.69. The predicted molar refractivity (Wildman–Crippen MR) is 158 cm³/mol. The highest BCUT2D eigenvalue weighted by molar-refractivity contribution is 8.00. The summed E-state index contributed by atoms with van der Waals surface area (Å²) in [6.07, 6.45) is -0.695. The number of nitrogens with one attached hydrogen (secondary N) is 1. The van der Waals surface area contributed by atoms with Crippen LogP contribution >= 0.6 is 11.8 Å². The van der Waals surface area contributed by atoms with Gasteiger partial charge in [-0.15, -0.1) is 16.7 Å². The van der Waals surface area contributed by atoms with Gasteiger partial charge in [-0.1, -0.05) is 97.6 Å². The Morgan fingerprint density at radius 1 is 0.976 bits per heavy atom. The highest BCUT2D eigenvalue weighted by Crippen LogP contribution is 2.56. The third-order valence-corrected chi connectivity index (χ3v) is 9.60. The number of carbonyl (C=O) groups excluding carboxylic acids is 3. The van der Waals surface area contributed by atoms with Crippen LogP contribution in [0, 0.1) is 10.8 Å². The van der Waals surface area contributed by atoms with Crippen LogP contribution in [0.5, 0.6) is 0 Å². The number of rotatable bonds is 7. The van der Waals surface area contributed by atoms with Gasteiger partial charge < -0.3 is 15.0 Å². The molecule has 3 fully saturated rings. The number of fused-ring (bicyclic) bond motifs is 1. The summed E-state index contributed by atoms with van der Waals surface area (Å²) in [4.78, 5) is 55.7. The van der Waals surface area contributed by atoms with Gasteiger partial charge in [0, 0.05) is 5.75 Å². The van der Waals surface area contributed by atoms with Crippen LogP contribution < -0.4 is 5.32 Å². The van der Waals surface area contributed by atoms with Crippen molar-refractivity contribution < 1.29 is 19.1 Å². The summed E-state index contributed by atoms with van der Waals surface area (Å²) in [5.41, 5.74) is -0.252. The molecule has 3 unspecified atom stereocenters. The van der Waals surface area contributed by atoms with Gasteiger partial charge in [-0.3, -0.25) is 9.59 Å². The van der Waals surface area contributed by atoms with Crippen molar-refractivity contribution in [3.05, 3.63) is 125 Å². The first-order valence-electron chi connectivity index (χ1n) is 13.7. The van der Waals surface area contributed by atoms with Crippen LogP contribution in [0.4, 0.5) is 0 Å². The molecule has 9 nitrogen and oxygen atoms in total. The monoisotopic (exact) mass is 582 g/mol. The number of hydrogen-bond donors (Lipinski definition) is 1. The summed E-state index contributed by atoms with van der Waals surface area (Å²) in [7, 11) is 0. The van der Waals surface area contributed by atoms with Crippen LogP contribution in [0.15, 0.2) is 108 Å². The van der Waals surface area contributed by atoms with Gasteiger partial charge in [-0.25, -0.2) is 9.80 Å². The zero-order valence-corrected chi connectivity index (χ0v) is 24.0. The molecule has 1 N–H and O–H groups in total. The Morgan fingerprint density at radius 2 is 1.52 bits per heavy atom. The molecule has 10 heteroatoms. The molecule has 3 aromatic carbocycles. The maximum atomic E-state index is 14.2. The predicted octanol–water partition coefficient (Wildman–Crippen LogP) is 4.52. The second-order valence-electron chi connectivity index (χ2n) is 11.2. The van der Waals surface area contributed by atoms with Crippen LogP contribution in [0.3, 0.4) is 0 Å². The van der Waals surface area contributed by atoms with Crippen molar-refractivity contribution >= 4 is 29.5 Å². The maximum absolute atomic E-state index is 14.2. The first kappa shape index (κ1) is 27.7. The molecule has 3 heterocycles. The minimum Gasteiger partial charge on any atom is -0.451 e. The number of amides is 2. The lowest BCUT2D eigenvalue weighted by molar-refractivity contribution is -0.178. The zero-order valence-electron chi connectivity index (χ0n) is 23.2. The van der Waals surface area contributed by atoms with Crippen LogP contribution in [0.2, 0.25) is 0 Å². The highest BCUT2D eigenvalue weighted by atomic mass is 32.2. The summed E-state index contributed by atoms with van der Waals surface area (Å²) in [5.74, 6) is -2.15. The molecule has 3 saturated heterocycles. The van der Waals surface area contributed by atoms with Gasteiger partial charge in [0.25, 0.3) is 5.91 Å². The lowest BCUT2D eigenvalue weighted by atomic mass is 9.71. The molecule has 0 aromatic heterocycles. The Kier molecular flexibility index (Phi) is 6.89. The fraction of sp³-hybridized carbons (Fsp3) is 0.281. The van der Waals surface area contributed by atoms with Gasteiger partial charge in [0.05, 0.1) is 10.7 Å². The van der Waals surface area contributed by atoms with E-state index in [0.29, 0.717) is 16.9 Å². The first-order chi connectivity index (χ1) is 20.2. The van der Waals surface area contributed by atoms with E-state index in [-0.39, 0.29) is 0 Å².